The second-order valence-corrected chi connectivity index (χ2v) is 5.64. The van der Waals surface area contributed by atoms with Crippen LogP contribution >= 0.6 is 11.6 Å². The van der Waals surface area contributed by atoms with Crippen LogP contribution in [0.2, 0.25) is 5.02 Å². The predicted molar refractivity (Wildman–Crippen MR) is 76.1 cm³/mol. The van der Waals surface area contributed by atoms with E-state index in [1.807, 2.05) is 12.1 Å². The molecule has 100 valence electrons. The molecule has 2 N–H and O–H groups in total. The van der Waals surface area contributed by atoms with Crippen LogP contribution in [0.5, 0.6) is 0 Å². The van der Waals surface area contributed by atoms with Gasteiger partial charge in [-0.3, -0.25) is 0 Å². The second kappa shape index (κ2) is 6.55. The van der Waals surface area contributed by atoms with Crippen molar-refractivity contribution in [1.82, 2.24) is 5.32 Å². The van der Waals surface area contributed by atoms with Crippen LogP contribution in [0.25, 0.3) is 0 Å². The van der Waals surface area contributed by atoms with Crippen LogP contribution in [0.1, 0.15) is 44.1 Å². The number of hydrogen-bond donors (Lipinski definition) is 2. The maximum absolute atomic E-state index is 8.98. The lowest BCUT2D eigenvalue weighted by Gasteiger charge is -2.38. The van der Waals surface area contributed by atoms with Crippen LogP contribution in [-0.2, 0) is 0 Å². The first-order chi connectivity index (χ1) is 8.72. The molecule has 2 nitrogen and oxygen atoms in total. The summed E-state index contributed by atoms with van der Waals surface area (Å²) in [5.74, 6) is 0.646. The van der Waals surface area contributed by atoms with Gasteiger partial charge in [-0.15, -0.1) is 0 Å². The van der Waals surface area contributed by atoms with Gasteiger partial charge in [-0.1, -0.05) is 30.7 Å². The summed E-state index contributed by atoms with van der Waals surface area (Å²) < 4.78 is 0. The van der Waals surface area contributed by atoms with Crippen molar-refractivity contribution in [3.63, 3.8) is 0 Å². The first-order valence-corrected chi connectivity index (χ1v) is 7.23. The highest BCUT2D eigenvalue weighted by Crippen LogP contribution is 2.37. The van der Waals surface area contributed by atoms with E-state index in [1.54, 1.807) is 0 Å². The fraction of sp³-hybridized carbons (Fsp3) is 0.600. The van der Waals surface area contributed by atoms with Crippen LogP contribution in [0.3, 0.4) is 0 Å². The maximum atomic E-state index is 8.98. The van der Waals surface area contributed by atoms with Gasteiger partial charge in [0.2, 0.25) is 0 Å². The van der Waals surface area contributed by atoms with Gasteiger partial charge in [0, 0.05) is 23.7 Å². The molecule has 1 saturated carbocycles. The van der Waals surface area contributed by atoms with Gasteiger partial charge in [-0.2, -0.15) is 0 Å². The van der Waals surface area contributed by atoms with Gasteiger partial charge in [-0.05, 0) is 49.3 Å². The molecule has 1 aromatic rings. The van der Waals surface area contributed by atoms with Crippen LogP contribution < -0.4 is 5.32 Å². The molecule has 0 radical (unpaired) electrons. The Kier molecular flexibility index (Phi) is 5.04. The third kappa shape index (κ3) is 3.47. The number of halogens is 1. The van der Waals surface area contributed by atoms with Gasteiger partial charge < -0.3 is 10.4 Å². The lowest BCUT2D eigenvalue weighted by atomic mass is 9.75. The van der Waals surface area contributed by atoms with Crippen molar-refractivity contribution >= 4 is 11.6 Å². The van der Waals surface area contributed by atoms with E-state index >= 15 is 0 Å². The number of nitrogens with one attached hydrogen (secondary N) is 1. The molecule has 0 saturated heterocycles. The predicted octanol–water partition coefficient (Wildman–Crippen LogP) is 3.34. The average Bonchev–Trinajstić information content (AvgIpc) is 2.31. The Bertz CT molecular complexity index is 377. The minimum absolute atomic E-state index is 0.274. The first-order valence-electron chi connectivity index (χ1n) is 6.85. The Hall–Kier alpha value is -0.570. The van der Waals surface area contributed by atoms with Gasteiger partial charge in [0.05, 0.1) is 0 Å². The summed E-state index contributed by atoms with van der Waals surface area (Å²) in [6.07, 6.45) is 4.30. The van der Waals surface area contributed by atoms with Gasteiger partial charge >= 0.3 is 0 Å². The fourth-order valence-electron chi connectivity index (χ4n) is 2.68. The van der Waals surface area contributed by atoms with Crippen LogP contribution in [-0.4, -0.2) is 23.8 Å². The smallest absolute Gasteiger partial charge is 0.0445 e. The van der Waals surface area contributed by atoms with Crippen molar-refractivity contribution in [3.8, 4) is 0 Å². The van der Waals surface area contributed by atoms with E-state index in [0.29, 0.717) is 18.0 Å². The van der Waals surface area contributed by atoms with Gasteiger partial charge in [0.15, 0.2) is 0 Å². The standard InChI is InChI=1S/C15H22ClNO/c1-2-14(6-7-18)17-15-9-12(10-15)11-4-3-5-13(16)8-11/h3-5,8,12,14-15,17-18H,2,6-7,9-10H2,1H3. The van der Waals surface area contributed by atoms with Crippen LogP contribution in [0, 0.1) is 0 Å². The van der Waals surface area contributed by atoms with Crippen molar-refractivity contribution in [2.45, 2.75) is 50.6 Å². The normalized spacial score (nSPS) is 24.6. The summed E-state index contributed by atoms with van der Waals surface area (Å²) in [7, 11) is 0. The van der Waals surface area contributed by atoms with Crippen molar-refractivity contribution < 1.29 is 5.11 Å². The maximum Gasteiger partial charge on any atom is 0.0445 e. The second-order valence-electron chi connectivity index (χ2n) is 5.20. The molecule has 0 bridgehead atoms. The molecule has 1 atom stereocenters. The Morgan fingerprint density at radius 3 is 2.83 bits per heavy atom. The molecule has 0 aliphatic heterocycles. The number of hydrogen-bond acceptors (Lipinski definition) is 2. The summed E-state index contributed by atoms with van der Waals surface area (Å²) in [4.78, 5) is 0. The Morgan fingerprint density at radius 1 is 1.44 bits per heavy atom. The van der Waals surface area contributed by atoms with E-state index in [9.17, 15) is 0 Å². The van der Waals surface area contributed by atoms with Crippen LogP contribution in [0.15, 0.2) is 24.3 Å². The van der Waals surface area contributed by atoms with Crippen LogP contribution in [0.4, 0.5) is 0 Å². The zero-order valence-corrected chi connectivity index (χ0v) is 11.7. The molecular weight excluding hydrogens is 246 g/mol. The SMILES string of the molecule is CCC(CCO)NC1CC(c2cccc(Cl)c2)C1. The highest BCUT2D eigenvalue weighted by Gasteiger charge is 2.31. The third-order valence-electron chi connectivity index (χ3n) is 3.90. The molecular formula is C15H22ClNO. The van der Waals surface area contributed by atoms with Gasteiger partial charge in [-0.25, -0.2) is 0 Å². The third-order valence-corrected chi connectivity index (χ3v) is 4.14. The molecule has 3 heteroatoms. The lowest BCUT2D eigenvalue weighted by molar-refractivity contribution is 0.221. The van der Waals surface area contributed by atoms with E-state index in [1.165, 1.54) is 18.4 Å². The van der Waals surface area contributed by atoms with Gasteiger partial charge in [0.1, 0.15) is 0 Å². The molecule has 1 fully saturated rings. The van der Waals surface area contributed by atoms with Gasteiger partial charge in [0.25, 0.3) is 0 Å². The van der Waals surface area contributed by atoms with Crippen molar-refractivity contribution in [2.75, 3.05) is 6.61 Å². The summed E-state index contributed by atoms with van der Waals surface area (Å²) in [5, 5.41) is 13.4. The fourth-order valence-corrected chi connectivity index (χ4v) is 2.88. The minimum atomic E-state index is 0.274. The van der Waals surface area contributed by atoms with Crippen molar-refractivity contribution in [2.24, 2.45) is 0 Å². The molecule has 0 amide bonds. The Labute approximate surface area is 114 Å². The lowest BCUT2D eigenvalue weighted by Crippen LogP contribution is -2.45. The monoisotopic (exact) mass is 267 g/mol. The van der Waals surface area contributed by atoms with E-state index in [-0.39, 0.29) is 6.61 Å². The molecule has 1 unspecified atom stereocenters. The largest absolute Gasteiger partial charge is 0.396 e. The van der Waals surface area contributed by atoms with E-state index in [4.69, 9.17) is 16.7 Å². The topological polar surface area (TPSA) is 32.3 Å². The number of benzene rings is 1. The number of aliphatic hydroxyl groups excluding tert-OH is 1. The molecule has 0 spiro atoms. The number of aliphatic hydroxyl groups is 1. The first kappa shape index (κ1) is 13.9. The van der Waals surface area contributed by atoms with E-state index in [0.717, 1.165) is 17.9 Å². The molecule has 1 aliphatic carbocycles. The molecule has 0 heterocycles. The zero-order chi connectivity index (χ0) is 13.0. The molecule has 0 aromatic heterocycles. The number of rotatable bonds is 6. The molecule has 2 rings (SSSR count). The summed E-state index contributed by atoms with van der Waals surface area (Å²) >= 11 is 6.01. The quantitative estimate of drug-likeness (QED) is 0.829. The van der Waals surface area contributed by atoms with E-state index < -0.39 is 0 Å². The summed E-state index contributed by atoms with van der Waals surface area (Å²) in [5.41, 5.74) is 1.36. The zero-order valence-electron chi connectivity index (χ0n) is 10.9. The molecule has 18 heavy (non-hydrogen) atoms. The van der Waals surface area contributed by atoms with Crippen molar-refractivity contribution in [1.29, 1.82) is 0 Å². The summed E-state index contributed by atoms with van der Waals surface area (Å²) in [6, 6.07) is 9.25. The van der Waals surface area contributed by atoms with E-state index in [2.05, 4.69) is 24.4 Å². The average molecular weight is 268 g/mol. The Balaban J connectivity index is 1.80. The highest BCUT2D eigenvalue weighted by atomic mass is 35.5. The molecule has 1 aromatic carbocycles. The highest BCUT2D eigenvalue weighted by molar-refractivity contribution is 6.30. The Morgan fingerprint density at radius 2 is 2.22 bits per heavy atom. The summed E-state index contributed by atoms with van der Waals surface area (Å²) in [6.45, 7) is 2.44. The minimum Gasteiger partial charge on any atom is -0.396 e. The molecule has 1 aliphatic rings. The van der Waals surface area contributed by atoms with Crippen molar-refractivity contribution in [3.05, 3.63) is 34.9 Å².